The van der Waals surface area contributed by atoms with Gasteiger partial charge in [0.2, 0.25) is 5.91 Å². The molecular weight excluding hydrogens is 879 g/mol. The number of carbonyl (C=O) groups is 1. The van der Waals surface area contributed by atoms with Crippen molar-refractivity contribution >= 4 is 5.91 Å². The maximum atomic E-state index is 13.1. The lowest BCUT2D eigenvalue weighted by molar-refractivity contribution is -0.303. The maximum Gasteiger partial charge on any atom is 0.220 e. The van der Waals surface area contributed by atoms with Gasteiger partial charge in [-0.1, -0.05) is 296 Å². The van der Waals surface area contributed by atoms with E-state index in [1.165, 1.54) is 250 Å². The van der Waals surface area contributed by atoms with E-state index in [0.29, 0.717) is 6.42 Å². The summed E-state index contributed by atoms with van der Waals surface area (Å²) >= 11 is 0. The maximum absolute atomic E-state index is 13.1. The Kier molecular flexibility index (Phi) is 48.3. The van der Waals surface area contributed by atoms with Crippen LogP contribution in [0.25, 0.3) is 0 Å². The fourth-order valence-electron chi connectivity index (χ4n) is 10.4. The van der Waals surface area contributed by atoms with Crippen LogP contribution in [0, 0.1) is 0 Å². The van der Waals surface area contributed by atoms with E-state index in [1.54, 1.807) is 0 Å². The molecule has 7 N–H and O–H groups in total. The summed E-state index contributed by atoms with van der Waals surface area (Å²) in [6, 6.07) is -0.986. The molecule has 1 aliphatic rings. The summed E-state index contributed by atoms with van der Waals surface area (Å²) in [5, 5.41) is 65.5. The fraction of sp³-hybridized carbons (Fsp3) is 0.983. The number of aliphatic hydroxyl groups is 6. The Morgan fingerprint density at radius 2 is 0.743 bits per heavy atom. The van der Waals surface area contributed by atoms with Gasteiger partial charge in [-0.15, -0.1) is 0 Å². The summed E-state index contributed by atoms with van der Waals surface area (Å²) in [5.41, 5.74) is 0. The lowest BCUT2D eigenvalue weighted by Crippen LogP contribution is -2.60. The van der Waals surface area contributed by atoms with Crippen molar-refractivity contribution in [1.82, 2.24) is 5.32 Å². The quantitative estimate of drug-likeness (QED) is 0.0293. The number of hydrogen-bond acceptors (Lipinski definition) is 9. The number of hydrogen-bond donors (Lipinski definition) is 7. The Bertz CT molecular complexity index is 1080. The van der Waals surface area contributed by atoms with Gasteiger partial charge < -0.3 is 45.4 Å². The van der Waals surface area contributed by atoms with Gasteiger partial charge in [-0.3, -0.25) is 4.79 Å². The topological polar surface area (TPSA) is 169 Å². The minimum atomic E-state index is -1.60. The van der Waals surface area contributed by atoms with E-state index in [0.717, 1.165) is 38.5 Å². The van der Waals surface area contributed by atoms with Crippen molar-refractivity contribution in [3.05, 3.63) is 0 Å². The first-order chi connectivity index (χ1) is 34.3. The zero-order valence-corrected chi connectivity index (χ0v) is 46.2. The van der Waals surface area contributed by atoms with Gasteiger partial charge in [0.25, 0.3) is 0 Å². The van der Waals surface area contributed by atoms with Crippen LogP contribution in [0.4, 0.5) is 0 Å². The highest BCUT2D eigenvalue weighted by atomic mass is 16.7. The van der Waals surface area contributed by atoms with Crippen molar-refractivity contribution in [3.8, 4) is 0 Å². The van der Waals surface area contributed by atoms with Gasteiger partial charge in [0.15, 0.2) is 6.29 Å². The van der Waals surface area contributed by atoms with Crippen LogP contribution in [0.5, 0.6) is 0 Å². The summed E-state index contributed by atoms with van der Waals surface area (Å²) in [4.78, 5) is 13.1. The van der Waals surface area contributed by atoms with Gasteiger partial charge in [-0.25, -0.2) is 0 Å². The molecule has 1 rings (SSSR count). The van der Waals surface area contributed by atoms with Crippen molar-refractivity contribution in [2.24, 2.45) is 0 Å². The third-order valence-corrected chi connectivity index (χ3v) is 15.3. The predicted molar refractivity (Wildman–Crippen MR) is 292 cm³/mol. The lowest BCUT2D eigenvalue weighted by atomic mass is 9.98. The first kappa shape index (κ1) is 67.2. The highest BCUT2D eigenvalue weighted by molar-refractivity contribution is 5.76. The largest absolute Gasteiger partial charge is 0.394 e. The average Bonchev–Trinajstić information content (AvgIpc) is 3.36. The normalized spacial score (nSPS) is 19.7. The Morgan fingerprint density at radius 3 is 1.06 bits per heavy atom. The molecule has 0 aromatic rings. The molecule has 0 aliphatic carbocycles. The number of rotatable bonds is 54. The molecule has 0 aromatic carbocycles. The van der Waals surface area contributed by atoms with Gasteiger partial charge in [-0.05, 0) is 12.8 Å². The number of carbonyl (C=O) groups excluding carboxylic acids is 1. The molecule has 10 nitrogen and oxygen atoms in total. The van der Waals surface area contributed by atoms with Crippen molar-refractivity contribution in [3.63, 3.8) is 0 Å². The molecule has 0 spiro atoms. The molecule has 0 radical (unpaired) electrons. The molecule has 0 bridgehead atoms. The lowest BCUT2D eigenvalue weighted by Gasteiger charge is -2.40. The Balaban J connectivity index is 2.14. The molecule has 0 saturated carbocycles. The number of unbranched alkanes of at least 4 members (excludes halogenated alkanes) is 43. The fourth-order valence-corrected chi connectivity index (χ4v) is 10.4. The van der Waals surface area contributed by atoms with E-state index in [4.69, 9.17) is 9.47 Å². The Morgan fingerprint density at radius 1 is 0.443 bits per heavy atom. The third kappa shape index (κ3) is 38.7. The van der Waals surface area contributed by atoms with Crippen LogP contribution in [0.1, 0.15) is 316 Å². The summed E-state index contributed by atoms with van der Waals surface area (Å²) in [7, 11) is 0. The Labute approximate surface area is 432 Å². The number of amides is 1. The minimum absolute atomic E-state index is 0.249. The second-order valence-electron chi connectivity index (χ2n) is 22.0. The molecule has 10 heteroatoms. The van der Waals surface area contributed by atoms with Crippen LogP contribution in [-0.4, -0.2) is 98.7 Å². The predicted octanol–water partition coefficient (Wildman–Crippen LogP) is 14.4. The molecule has 8 atom stereocenters. The first-order valence-corrected chi connectivity index (χ1v) is 30.8. The standard InChI is InChI=1S/C60H119NO9/c1-3-5-7-9-11-13-15-17-19-20-21-22-23-24-25-26-27-28-29-30-31-32-33-34-35-37-39-41-43-45-47-49-55(64)61-52(51-69-60-59(68)58(67)57(66)54(50-62)70-60)56(65)53(63)48-46-44-42-40-38-36-18-16-14-12-10-8-6-4-2/h52-54,56-60,62-63,65-68H,3-51H2,1-2H3,(H,61,64)/t52-,53+,54+,56-,57-,58?,59?,60+/m0/s1. The highest BCUT2D eigenvalue weighted by Gasteiger charge is 2.44. The second-order valence-corrected chi connectivity index (χ2v) is 22.0. The Hall–Kier alpha value is -0.850. The van der Waals surface area contributed by atoms with Crippen molar-refractivity contribution in [2.45, 2.75) is 365 Å². The molecule has 1 heterocycles. The van der Waals surface area contributed by atoms with Gasteiger partial charge in [0, 0.05) is 6.42 Å². The molecule has 1 aliphatic heterocycles. The molecule has 1 saturated heterocycles. The smallest absolute Gasteiger partial charge is 0.220 e. The van der Waals surface area contributed by atoms with Gasteiger partial charge in [0.1, 0.15) is 30.5 Å². The van der Waals surface area contributed by atoms with Crippen molar-refractivity contribution < 1.29 is 44.9 Å². The summed E-state index contributed by atoms with van der Waals surface area (Å²) in [5.74, 6) is -0.249. The van der Waals surface area contributed by atoms with Crippen LogP contribution in [0.2, 0.25) is 0 Å². The van der Waals surface area contributed by atoms with Crippen LogP contribution in [0.15, 0.2) is 0 Å². The van der Waals surface area contributed by atoms with Crippen LogP contribution < -0.4 is 5.32 Å². The molecule has 1 amide bonds. The van der Waals surface area contributed by atoms with E-state index < -0.39 is 55.6 Å². The van der Waals surface area contributed by atoms with Crippen molar-refractivity contribution in [2.75, 3.05) is 13.2 Å². The first-order valence-electron chi connectivity index (χ1n) is 30.8. The van der Waals surface area contributed by atoms with Gasteiger partial charge in [0.05, 0.1) is 25.4 Å². The van der Waals surface area contributed by atoms with Crippen LogP contribution >= 0.6 is 0 Å². The molecule has 418 valence electrons. The average molecular weight is 999 g/mol. The van der Waals surface area contributed by atoms with Crippen LogP contribution in [-0.2, 0) is 14.3 Å². The number of ether oxygens (including phenoxy) is 2. The number of nitrogens with one attached hydrogen (secondary N) is 1. The molecule has 0 aromatic heterocycles. The van der Waals surface area contributed by atoms with E-state index in [2.05, 4.69) is 19.2 Å². The second kappa shape index (κ2) is 50.3. The summed E-state index contributed by atoms with van der Waals surface area (Å²) < 4.78 is 11.2. The molecule has 1 fully saturated rings. The monoisotopic (exact) mass is 998 g/mol. The van der Waals surface area contributed by atoms with Gasteiger partial charge in [-0.2, -0.15) is 0 Å². The zero-order chi connectivity index (χ0) is 51.0. The molecular formula is C60H119NO9. The van der Waals surface area contributed by atoms with Crippen LogP contribution in [0.3, 0.4) is 0 Å². The summed E-state index contributed by atoms with van der Waals surface area (Å²) in [6.07, 6.45) is 50.0. The SMILES string of the molecule is CCCCCCCCCCCCCCCCCCCCCCCCCCCCCCCCCC(=O)N[C@@H](CO[C@@H]1O[C@H](CO)[C@H](O)C(O)C1O)[C@H](O)[C@H](O)CCCCCCCCCCCCCCCC. The molecule has 70 heavy (non-hydrogen) atoms. The van der Waals surface area contributed by atoms with E-state index in [-0.39, 0.29) is 18.9 Å². The number of aliphatic hydroxyl groups excluding tert-OH is 6. The van der Waals surface area contributed by atoms with E-state index >= 15 is 0 Å². The van der Waals surface area contributed by atoms with E-state index in [1.807, 2.05) is 0 Å². The molecule has 2 unspecified atom stereocenters. The van der Waals surface area contributed by atoms with Crippen molar-refractivity contribution in [1.29, 1.82) is 0 Å². The van der Waals surface area contributed by atoms with E-state index in [9.17, 15) is 35.4 Å². The minimum Gasteiger partial charge on any atom is -0.394 e. The zero-order valence-electron chi connectivity index (χ0n) is 46.2. The highest BCUT2D eigenvalue weighted by Crippen LogP contribution is 2.24. The van der Waals surface area contributed by atoms with Gasteiger partial charge >= 0.3 is 0 Å². The third-order valence-electron chi connectivity index (χ3n) is 15.3. The summed E-state index contributed by atoms with van der Waals surface area (Å²) in [6.45, 7) is 3.66.